The normalized spacial score (nSPS) is 19.3. The topological polar surface area (TPSA) is 51.3 Å². The van der Waals surface area contributed by atoms with Crippen molar-refractivity contribution in [3.05, 3.63) is 41.9 Å². The van der Waals surface area contributed by atoms with Gasteiger partial charge in [-0.2, -0.15) is 0 Å². The van der Waals surface area contributed by atoms with Gasteiger partial charge < -0.3 is 13.9 Å². The Bertz CT molecular complexity index is 614. The Morgan fingerprint density at radius 3 is 2.95 bits per heavy atom. The molecule has 1 amide bonds. The Labute approximate surface area is 118 Å². The number of hydrogen-bond acceptors (Lipinski definition) is 3. The van der Waals surface area contributed by atoms with Gasteiger partial charge in [0.05, 0.1) is 17.9 Å². The molecule has 0 saturated carbocycles. The number of imidazole rings is 1. The molecule has 3 rings (SSSR count). The van der Waals surface area contributed by atoms with Crippen LogP contribution in [0.2, 0.25) is 0 Å². The van der Waals surface area contributed by atoms with Crippen LogP contribution in [0.4, 0.5) is 0 Å². The first-order valence-electron chi connectivity index (χ1n) is 6.99. The molecule has 1 aliphatic rings. The molecule has 1 fully saturated rings. The number of carbonyl (C=O) groups excluding carboxylic acids is 1. The third-order valence-electron chi connectivity index (χ3n) is 4.03. The molecule has 5 nitrogen and oxygen atoms in total. The van der Waals surface area contributed by atoms with E-state index >= 15 is 0 Å². The van der Waals surface area contributed by atoms with E-state index < -0.39 is 0 Å². The minimum Gasteiger partial charge on any atom is -0.469 e. The largest absolute Gasteiger partial charge is 0.469 e. The number of aromatic nitrogens is 2. The summed E-state index contributed by atoms with van der Waals surface area (Å²) in [5, 5.41) is 0. The first kappa shape index (κ1) is 13.0. The lowest BCUT2D eigenvalue weighted by atomic mass is 10.0. The Balaban J connectivity index is 1.77. The van der Waals surface area contributed by atoms with Crippen molar-refractivity contribution in [1.29, 1.82) is 0 Å². The number of aryl methyl sites for hydroxylation is 2. The quantitative estimate of drug-likeness (QED) is 0.845. The Morgan fingerprint density at radius 1 is 1.45 bits per heavy atom. The van der Waals surface area contributed by atoms with E-state index in [2.05, 4.69) is 9.55 Å². The van der Waals surface area contributed by atoms with Gasteiger partial charge >= 0.3 is 0 Å². The monoisotopic (exact) mass is 273 g/mol. The number of carbonyl (C=O) groups is 1. The van der Waals surface area contributed by atoms with Crippen LogP contribution in [0.3, 0.4) is 0 Å². The van der Waals surface area contributed by atoms with E-state index in [0.717, 1.165) is 31.8 Å². The van der Waals surface area contributed by atoms with Gasteiger partial charge in [0.15, 0.2) is 0 Å². The summed E-state index contributed by atoms with van der Waals surface area (Å²) in [4.78, 5) is 18.7. The van der Waals surface area contributed by atoms with Crippen molar-refractivity contribution in [2.45, 2.75) is 32.7 Å². The molecule has 1 atom stereocenters. The van der Waals surface area contributed by atoms with Crippen molar-refractivity contribution in [3.8, 4) is 0 Å². The van der Waals surface area contributed by atoms with Gasteiger partial charge in [-0.15, -0.1) is 0 Å². The third kappa shape index (κ3) is 2.24. The van der Waals surface area contributed by atoms with Gasteiger partial charge in [0.2, 0.25) is 0 Å². The summed E-state index contributed by atoms with van der Waals surface area (Å²) in [7, 11) is 0. The van der Waals surface area contributed by atoms with Gasteiger partial charge in [0.1, 0.15) is 11.6 Å². The highest BCUT2D eigenvalue weighted by Gasteiger charge is 2.27. The van der Waals surface area contributed by atoms with E-state index in [1.54, 1.807) is 12.3 Å². The molecule has 0 aromatic carbocycles. The average Bonchev–Trinajstić information content (AvgIpc) is 3.07. The maximum absolute atomic E-state index is 12.5. The smallest absolute Gasteiger partial charge is 0.257 e. The van der Waals surface area contributed by atoms with Crippen LogP contribution < -0.4 is 0 Å². The summed E-state index contributed by atoms with van der Waals surface area (Å²) in [5.41, 5.74) is 0.674. The first-order chi connectivity index (χ1) is 9.66. The molecule has 20 heavy (non-hydrogen) atoms. The summed E-state index contributed by atoms with van der Waals surface area (Å²) >= 11 is 0. The summed E-state index contributed by atoms with van der Waals surface area (Å²) < 4.78 is 7.40. The molecule has 106 valence electrons. The molecule has 2 aromatic heterocycles. The van der Waals surface area contributed by atoms with Crippen LogP contribution >= 0.6 is 0 Å². The maximum atomic E-state index is 12.5. The fourth-order valence-corrected chi connectivity index (χ4v) is 2.92. The number of piperidine rings is 1. The standard InChI is InChI=1S/C15H19N3O2/c1-11-14(5-9-20-11)15(19)17-7-3-4-13(10-17)18-8-6-16-12(18)2/h5-6,8-9,13H,3-4,7,10H2,1-2H3. The molecule has 3 heterocycles. The van der Waals surface area contributed by atoms with Crippen molar-refractivity contribution in [3.63, 3.8) is 0 Å². The van der Waals surface area contributed by atoms with Crippen molar-refractivity contribution >= 4 is 5.91 Å². The lowest BCUT2D eigenvalue weighted by molar-refractivity contribution is 0.0676. The van der Waals surface area contributed by atoms with E-state index in [0.29, 0.717) is 17.4 Å². The summed E-state index contributed by atoms with van der Waals surface area (Å²) in [6, 6.07) is 2.08. The molecule has 0 N–H and O–H groups in total. The second-order valence-electron chi connectivity index (χ2n) is 5.32. The summed E-state index contributed by atoms with van der Waals surface area (Å²) in [5.74, 6) is 1.76. The maximum Gasteiger partial charge on any atom is 0.257 e. The predicted molar refractivity (Wildman–Crippen MR) is 74.6 cm³/mol. The molecule has 1 unspecified atom stereocenters. The minimum absolute atomic E-state index is 0.0683. The molecule has 1 saturated heterocycles. The second kappa shape index (κ2) is 5.15. The molecule has 1 aliphatic heterocycles. The fourth-order valence-electron chi connectivity index (χ4n) is 2.92. The molecule has 0 spiro atoms. The Morgan fingerprint density at radius 2 is 2.30 bits per heavy atom. The van der Waals surface area contributed by atoms with Crippen LogP contribution in [0.25, 0.3) is 0 Å². The first-order valence-corrected chi connectivity index (χ1v) is 6.99. The van der Waals surface area contributed by atoms with Crippen LogP contribution in [-0.4, -0.2) is 33.4 Å². The average molecular weight is 273 g/mol. The zero-order valence-corrected chi connectivity index (χ0v) is 11.9. The Hall–Kier alpha value is -2.04. The molecule has 0 aliphatic carbocycles. The van der Waals surface area contributed by atoms with Gasteiger partial charge in [-0.3, -0.25) is 4.79 Å². The van der Waals surface area contributed by atoms with Crippen LogP contribution in [0.1, 0.15) is 40.8 Å². The highest BCUT2D eigenvalue weighted by atomic mass is 16.3. The van der Waals surface area contributed by atoms with Crippen molar-refractivity contribution in [2.75, 3.05) is 13.1 Å². The number of nitrogens with zero attached hydrogens (tertiary/aromatic N) is 3. The number of hydrogen-bond donors (Lipinski definition) is 0. The van der Waals surface area contributed by atoms with Crippen molar-refractivity contribution < 1.29 is 9.21 Å². The molecular formula is C15H19N3O2. The zero-order valence-electron chi connectivity index (χ0n) is 11.9. The molecular weight excluding hydrogens is 254 g/mol. The van der Waals surface area contributed by atoms with Crippen LogP contribution in [0.15, 0.2) is 29.1 Å². The number of rotatable bonds is 2. The van der Waals surface area contributed by atoms with E-state index in [4.69, 9.17) is 4.42 Å². The minimum atomic E-state index is 0.0683. The van der Waals surface area contributed by atoms with Gasteiger partial charge in [0.25, 0.3) is 5.91 Å². The number of amides is 1. The predicted octanol–water partition coefficient (Wildman–Crippen LogP) is 2.57. The highest BCUT2D eigenvalue weighted by molar-refractivity contribution is 5.95. The summed E-state index contributed by atoms with van der Waals surface area (Å²) in [6.07, 6.45) is 7.49. The lowest BCUT2D eigenvalue weighted by Gasteiger charge is -2.33. The summed E-state index contributed by atoms with van der Waals surface area (Å²) in [6.45, 7) is 5.38. The van der Waals surface area contributed by atoms with Gasteiger partial charge in [-0.25, -0.2) is 4.98 Å². The zero-order chi connectivity index (χ0) is 14.1. The van der Waals surface area contributed by atoms with Crippen molar-refractivity contribution in [1.82, 2.24) is 14.5 Å². The van der Waals surface area contributed by atoms with E-state index in [1.165, 1.54) is 0 Å². The molecule has 5 heteroatoms. The third-order valence-corrected chi connectivity index (χ3v) is 4.03. The van der Waals surface area contributed by atoms with Crippen molar-refractivity contribution in [2.24, 2.45) is 0 Å². The highest BCUT2D eigenvalue weighted by Crippen LogP contribution is 2.24. The fraction of sp³-hybridized carbons (Fsp3) is 0.467. The number of likely N-dealkylation sites (tertiary alicyclic amines) is 1. The second-order valence-corrected chi connectivity index (χ2v) is 5.32. The molecule has 2 aromatic rings. The SMILES string of the molecule is Cc1occc1C(=O)N1CCCC(n2ccnc2C)C1. The van der Waals surface area contributed by atoms with E-state index in [9.17, 15) is 4.79 Å². The molecule has 0 bridgehead atoms. The van der Waals surface area contributed by atoms with Crippen LogP contribution in [-0.2, 0) is 0 Å². The van der Waals surface area contributed by atoms with Gasteiger partial charge in [0, 0.05) is 25.5 Å². The molecule has 0 radical (unpaired) electrons. The van der Waals surface area contributed by atoms with Gasteiger partial charge in [-0.05, 0) is 32.8 Å². The lowest BCUT2D eigenvalue weighted by Crippen LogP contribution is -2.40. The van der Waals surface area contributed by atoms with Gasteiger partial charge in [-0.1, -0.05) is 0 Å². The van der Waals surface area contributed by atoms with E-state index in [-0.39, 0.29) is 5.91 Å². The van der Waals surface area contributed by atoms with Crippen LogP contribution in [0.5, 0.6) is 0 Å². The number of furan rings is 1. The van der Waals surface area contributed by atoms with E-state index in [1.807, 2.05) is 31.1 Å². The Kier molecular flexibility index (Phi) is 3.34. The van der Waals surface area contributed by atoms with Crippen LogP contribution in [0, 0.1) is 13.8 Å².